The van der Waals surface area contributed by atoms with Gasteiger partial charge < -0.3 is 5.11 Å². The van der Waals surface area contributed by atoms with E-state index in [1.54, 1.807) is 6.92 Å². The first-order valence-electron chi connectivity index (χ1n) is 4.06. The number of aliphatic hydroxyl groups excluding tert-OH is 1. The minimum atomic E-state index is -1.27. The number of rotatable bonds is 1. The molecule has 0 spiro atoms. The van der Waals surface area contributed by atoms with Crippen LogP contribution in [0.15, 0.2) is 0 Å². The van der Waals surface area contributed by atoms with E-state index in [2.05, 4.69) is 0 Å². The van der Waals surface area contributed by atoms with E-state index < -0.39 is 11.8 Å². The van der Waals surface area contributed by atoms with E-state index in [1.807, 2.05) is 0 Å². The maximum absolute atomic E-state index is 13.4. The Bertz CT molecular complexity index is 116. The van der Waals surface area contributed by atoms with Crippen LogP contribution in [0.2, 0.25) is 0 Å². The van der Waals surface area contributed by atoms with Crippen molar-refractivity contribution in [3.63, 3.8) is 0 Å². The Balaban J connectivity index is 2.54. The average Bonchev–Trinajstić information content (AvgIpc) is 1.96. The molecule has 0 aromatic heterocycles. The molecule has 2 heteroatoms. The van der Waals surface area contributed by atoms with Crippen LogP contribution in [-0.4, -0.2) is 16.9 Å². The predicted octanol–water partition coefficient (Wildman–Crippen LogP) is 2.04. The van der Waals surface area contributed by atoms with Crippen LogP contribution in [0.25, 0.3) is 0 Å². The third-order valence-corrected chi connectivity index (χ3v) is 2.50. The second-order valence-electron chi connectivity index (χ2n) is 3.15. The second-order valence-corrected chi connectivity index (χ2v) is 3.15. The van der Waals surface area contributed by atoms with E-state index in [0.29, 0.717) is 19.3 Å². The molecule has 1 aliphatic rings. The van der Waals surface area contributed by atoms with Crippen molar-refractivity contribution in [2.75, 3.05) is 0 Å². The summed E-state index contributed by atoms with van der Waals surface area (Å²) in [6.07, 6.45) is 2.85. The molecule has 2 atom stereocenters. The first-order chi connectivity index (χ1) is 4.69. The zero-order valence-corrected chi connectivity index (χ0v) is 6.44. The van der Waals surface area contributed by atoms with Gasteiger partial charge in [0.25, 0.3) is 0 Å². The van der Waals surface area contributed by atoms with Crippen LogP contribution in [0.4, 0.5) is 4.39 Å². The highest BCUT2D eigenvalue weighted by atomic mass is 19.1. The maximum Gasteiger partial charge on any atom is 0.136 e. The summed E-state index contributed by atoms with van der Waals surface area (Å²) in [6.45, 7) is 1.80. The third kappa shape index (κ3) is 1.31. The summed E-state index contributed by atoms with van der Waals surface area (Å²) < 4.78 is 13.4. The van der Waals surface area contributed by atoms with Crippen molar-refractivity contribution in [3.05, 3.63) is 0 Å². The molecular weight excluding hydrogens is 131 g/mol. The molecule has 1 fully saturated rings. The van der Waals surface area contributed by atoms with E-state index in [4.69, 9.17) is 0 Å². The van der Waals surface area contributed by atoms with Crippen LogP contribution in [-0.2, 0) is 0 Å². The lowest BCUT2D eigenvalue weighted by Crippen LogP contribution is -2.39. The first-order valence-corrected chi connectivity index (χ1v) is 4.06. The highest BCUT2D eigenvalue weighted by Gasteiger charge is 2.37. The lowest BCUT2D eigenvalue weighted by atomic mass is 9.82. The topological polar surface area (TPSA) is 20.2 Å². The molecule has 0 unspecified atom stereocenters. The summed E-state index contributed by atoms with van der Waals surface area (Å²) in [4.78, 5) is 0. The van der Waals surface area contributed by atoms with Crippen molar-refractivity contribution in [1.29, 1.82) is 0 Å². The summed E-state index contributed by atoms with van der Waals surface area (Å²) in [5.74, 6) is 0. The maximum atomic E-state index is 13.4. The Morgan fingerprint density at radius 3 is 2.70 bits per heavy atom. The van der Waals surface area contributed by atoms with E-state index in [-0.39, 0.29) is 0 Å². The molecule has 1 rings (SSSR count). The van der Waals surface area contributed by atoms with Gasteiger partial charge in [0.05, 0.1) is 6.10 Å². The van der Waals surface area contributed by atoms with Crippen molar-refractivity contribution < 1.29 is 9.50 Å². The number of hydrogen-bond acceptors (Lipinski definition) is 1. The van der Waals surface area contributed by atoms with Gasteiger partial charge in [0, 0.05) is 0 Å². The normalized spacial score (nSPS) is 41.7. The van der Waals surface area contributed by atoms with Gasteiger partial charge in [0.2, 0.25) is 0 Å². The van der Waals surface area contributed by atoms with Gasteiger partial charge in [-0.2, -0.15) is 0 Å². The molecule has 1 N–H and O–H groups in total. The smallest absolute Gasteiger partial charge is 0.136 e. The number of halogens is 1. The van der Waals surface area contributed by atoms with Crippen molar-refractivity contribution >= 4 is 0 Å². The fourth-order valence-electron chi connectivity index (χ4n) is 1.59. The molecule has 0 amide bonds. The number of hydrogen-bond donors (Lipinski definition) is 1. The molecule has 60 valence electrons. The quantitative estimate of drug-likeness (QED) is 0.600. The van der Waals surface area contributed by atoms with Crippen LogP contribution in [0, 0.1) is 0 Å². The van der Waals surface area contributed by atoms with Gasteiger partial charge in [-0.3, -0.25) is 0 Å². The highest BCUT2D eigenvalue weighted by Crippen LogP contribution is 2.34. The lowest BCUT2D eigenvalue weighted by Gasteiger charge is -2.33. The zero-order valence-electron chi connectivity index (χ0n) is 6.44. The van der Waals surface area contributed by atoms with Crippen LogP contribution in [0.1, 0.15) is 39.0 Å². The molecule has 10 heavy (non-hydrogen) atoms. The molecule has 0 aromatic rings. The minimum Gasteiger partial charge on any atom is -0.390 e. The molecule has 0 bridgehead atoms. The van der Waals surface area contributed by atoms with Gasteiger partial charge in [-0.25, -0.2) is 4.39 Å². The minimum absolute atomic E-state index is 0.453. The predicted molar refractivity (Wildman–Crippen MR) is 38.6 cm³/mol. The Morgan fingerprint density at radius 1 is 1.60 bits per heavy atom. The van der Waals surface area contributed by atoms with Gasteiger partial charge in [-0.15, -0.1) is 0 Å². The molecule has 0 aliphatic heterocycles. The summed E-state index contributed by atoms with van der Waals surface area (Å²) in [7, 11) is 0. The fourth-order valence-corrected chi connectivity index (χ4v) is 1.59. The van der Waals surface area contributed by atoms with E-state index >= 15 is 0 Å². The zero-order chi connectivity index (χ0) is 7.61. The van der Waals surface area contributed by atoms with Crippen molar-refractivity contribution in [2.45, 2.75) is 50.8 Å². The SMILES string of the molecule is CC[C@]1(F)CCCC[C@H]1O. The van der Waals surface area contributed by atoms with Crippen molar-refractivity contribution in [1.82, 2.24) is 0 Å². The van der Waals surface area contributed by atoms with Gasteiger partial charge in [-0.1, -0.05) is 19.8 Å². The Morgan fingerprint density at radius 2 is 2.30 bits per heavy atom. The van der Waals surface area contributed by atoms with Gasteiger partial charge in [0.1, 0.15) is 5.67 Å². The molecule has 1 aliphatic carbocycles. The highest BCUT2D eigenvalue weighted by molar-refractivity contribution is 4.89. The average molecular weight is 146 g/mol. The monoisotopic (exact) mass is 146 g/mol. The van der Waals surface area contributed by atoms with Crippen LogP contribution in [0.5, 0.6) is 0 Å². The van der Waals surface area contributed by atoms with Crippen LogP contribution < -0.4 is 0 Å². The lowest BCUT2D eigenvalue weighted by molar-refractivity contribution is -0.0419. The molecule has 0 heterocycles. The van der Waals surface area contributed by atoms with E-state index in [0.717, 1.165) is 12.8 Å². The molecule has 1 nitrogen and oxygen atoms in total. The Kier molecular flexibility index (Phi) is 2.29. The van der Waals surface area contributed by atoms with Crippen LogP contribution in [0.3, 0.4) is 0 Å². The number of aliphatic hydroxyl groups is 1. The third-order valence-electron chi connectivity index (χ3n) is 2.50. The molecule has 0 aromatic carbocycles. The van der Waals surface area contributed by atoms with Crippen molar-refractivity contribution in [3.8, 4) is 0 Å². The van der Waals surface area contributed by atoms with Gasteiger partial charge in [0.15, 0.2) is 0 Å². The molecular formula is C8H15FO. The number of alkyl halides is 1. The first kappa shape index (κ1) is 7.99. The Labute approximate surface area is 61.2 Å². The Hall–Kier alpha value is -0.110. The van der Waals surface area contributed by atoms with Gasteiger partial charge >= 0.3 is 0 Å². The largest absolute Gasteiger partial charge is 0.390 e. The second kappa shape index (κ2) is 2.87. The molecule has 0 saturated heterocycles. The van der Waals surface area contributed by atoms with Crippen LogP contribution >= 0.6 is 0 Å². The fraction of sp³-hybridized carbons (Fsp3) is 1.00. The van der Waals surface area contributed by atoms with E-state index in [1.165, 1.54) is 0 Å². The van der Waals surface area contributed by atoms with E-state index in [9.17, 15) is 9.50 Å². The van der Waals surface area contributed by atoms with Gasteiger partial charge in [-0.05, 0) is 19.3 Å². The summed E-state index contributed by atoms with van der Waals surface area (Å²) in [5.41, 5.74) is -1.27. The summed E-state index contributed by atoms with van der Waals surface area (Å²) >= 11 is 0. The summed E-state index contributed by atoms with van der Waals surface area (Å²) in [6, 6.07) is 0. The molecule has 0 radical (unpaired) electrons. The van der Waals surface area contributed by atoms with Crippen molar-refractivity contribution in [2.24, 2.45) is 0 Å². The molecule has 1 saturated carbocycles. The standard InChI is InChI=1S/C8H15FO/c1-2-8(9)6-4-3-5-7(8)10/h7,10H,2-6H2,1H3/t7-,8+/m1/s1. The summed E-state index contributed by atoms with van der Waals surface area (Å²) in [5, 5.41) is 9.25.